The molecule has 0 saturated carbocycles. The molecule has 0 N–H and O–H groups in total. The molecule has 4 nitrogen and oxygen atoms in total. The number of aromatic nitrogens is 3. The van der Waals surface area contributed by atoms with Crippen molar-refractivity contribution in [2.24, 2.45) is 0 Å². The van der Waals surface area contributed by atoms with Gasteiger partial charge < -0.3 is 4.74 Å². The van der Waals surface area contributed by atoms with Crippen LogP contribution in [0.15, 0.2) is 48.9 Å². The van der Waals surface area contributed by atoms with Gasteiger partial charge in [0.2, 0.25) is 5.78 Å². The van der Waals surface area contributed by atoms with Crippen molar-refractivity contribution >= 4 is 5.78 Å². The van der Waals surface area contributed by atoms with E-state index in [0.29, 0.717) is 5.78 Å². The van der Waals surface area contributed by atoms with Gasteiger partial charge in [0.15, 0.2) is 0 Å². The van der Waals surface area contributed by atoms with E-state index in [2.05, 4.69) is 14.7 Å². The van der Waals surface area contributed by atoms with Crippen molar-refractivity contribution in [2.45, 2.75) is 6.61 Å². The van der Waals surface area contributed by atoms with Crippen LogP contribution in [0, 0.1) is 0 Å². The number of fused-ring (bicyclic) bond motifs is 1. The van der Waals surface area contributed by atoms with E-state index < -0.39 is 6.61 Å². The molecular weight excluding hydrogens is 252 g/mol. The number of rotatable bonds is 3. The maximum Gasteiger partial charge on any atom is 0.387 e. The van der Waals surface area contributed by atoms with Crippen LogP contribution in [0.25, 0.3) is 17.0 Å². The Morgan fingerprint density at radius 2 is 1.95 bits per heavy atom. The Hall–Kier alpha value is -2.50. The molecule has 6 heteroatoms. The van der Waals surface area contributed by atoms with Crippen molar-refractivity contribution in [1.82, 2.24) is 14.4 Å². The predicted octanol–water partition coefficient (Wildman–Crippen LogP) is 3.00. The molecule has 0 aliphatic heterocycles. The van der Waals surface area contributed by atoms with Crippen LogP contribution >= 0.6 is 0 Å². The summed E-state index contributed by atoms with van der Waals surface area (Å²) in [5.41, 5.74) is 1.54. The van der Waals surface area contributed by atoms with Gasteiger partial charge in [0.05, 0.1) is 5.69 Å². The summed E-state index contributed by atoms with van der Waals surface area (Å²) < 4.78 is 30.2. The number of hydrogen-bond donors (Lipinski definition) is 0. The zero-order valence-electron chi connectivity index (χ0n) is 9.70. The Balaban J connectivity index is 1.93. The summed E-state index contributed by atoms with van der Waals surface area (Å²) in [6.07, 6.45) is 5.32. The van der Waals surface area contributed by atoms with Crippen LogP contribution in [0.3, 0.4) is 0 Å². The van der Waals surface area contributed by atoms with Gasteiger partial charge in [-0.15, -0.1) is 0 Å². The monoisotopic (exact) mass is 261 g/mol. The highest BCUT2D eigenvalue weighted by Gasteiger charge is 2.07. The second-order valence-electron chi connectivity index (χ2n) is 3.86. The molecule has 0 spiro atoms. The molecule has 3 rings (SSSR count). The zero-order valence-corrected chi connectivity index (χ0v) is 9.70. The summed E-state index contributed by atoms with van der Waals surface area (Å²) in [5, 5.41) is 0. The van der Waals surface area contributed by atoms with Crippen LogP contribution in [-0.2, 0) is 0 Å². The average Bonchev–Trinajstić information content (AvgIpc) is 2.82. The smallest absolute Gasteiger partial charge is 0.387 e. The quantitative estimate of drug-likeness (QED) is 0.727. The third-order valence-electron chi connectivity index (χ3n) is 2.61. The van der Waals surface area contributed by atoms with E-state index in [0.717, 1.165) is 11.3 Å². The van der Waals surface area contributed by atoms with E-state index in [9.17, 15) is 8.78 Å². The first kappa shape index (κ1) is 11.6. The molecule has 0 unspecified atom stereocenters. The molecule has 96 valence electrons. The lowest BCUT2D eigenvalue weighted by atomic mass is 10.2. The van der Waals surface area contributed by atoms with Crippen molar-refractivity contribution < 1.29 is 13.5 Å². The molecule has 3 aromatic rings. The van der Waals surface area contributed by atoms with Gasteiger partial charge in [-0.1, -0.05) is 0 Å². The highest BCUT2D eigenvalue weighted by Crippen LogP contribution is 2.22. The molecule has 0 amide bonds. The van der Waals surface area contributed by atoms with Crippen molar-refractivity contribution in [3.05, 3.63) is 48.9 Å². The van der Waals surface area contributed by atoms with Crippen LogP contribution in [0.1, 0.15) is 0 Å². The molecule has 2 aromatic heterocycles. The Morgan fingerprint density at radius 1 is 1.16 bits per heavy atom. The normalized spacial score (nSPS) is 11.1. The lowest BCUT2D eigenvalue weighted by Gasteiger charge is -2.04. The molecule has 19 heavy (non-hydrogen) atoms. The fourth-order valence-corrected chi connectivity index (χ4v) is 1.78. The Labute approximate surface area is 107 Å². The first-order valence-corrected chi connectivity index (χ1v) is 5.57. The number of benzene rings is 1. The Bertz CT molecular complexity index is 661. The molecular formula is C13H9F2N3O. The fourth-order valence-electron chi connectivity index (χ4n) is 1.78. The number of ether oxygens (including phenoxy) is 1. The van der Waals surface area contributed by atoms with Gasteiger partial charge in [0, 0.05) is 24.2 Å². The van der Waals surface area contributed by atoms with Crippen molar-refractivity contribution in [2.75, 3.05) is 0 Å². The van der Waals surface area contributed by atoms with E-state index in [4.69, 9.17) is 0 Å². The standard InChI is InChI=1S/C13H9F2N3O/c14-12(15)19-10-4-2-9(3-5-10)11-8-18-7-1-6-16-13(18)17-11/h1-8,12H. The van der Waals surface area contributed by atoms with Gasteiger partial charge in [-0.3, -0.25) is 4.40 Å². The molecule has 0 aliphatic carbocycles. The maximum absolute atomic E-state index is 12.0. The maximum atomic E-state index is 12.0. The Kier molecular flexibility index (Phi) is 2.83. The Morgan fingerprint density at radius 3 is 2.63 bits per heavy atom. The third-order valence-corrected chi connectivity index (χ3v) is 2.61. The summed E-state index contributed by atoms with van der Waals surface area (Å²) in [4.78, 5) is 8.45. The van der Waals surface area contributed by atoms with Crippen molar-refractivity contribution in [3.63, 3.8) is 0 Å². The second-order valence-corrected chi connectivity index (χ2v) is 3.86. The highest BCUT2D eigenvalue weighted by atomic mass is 19.3. The minimum Gasteiger partial charge on any atom is -0.435 e. The summed E-state index contributed by atoms with van der Waals surface area (Å²) in [7, 11) is 0. The molecule has 0 bridgehead atoms. The molecule has 0 atom stereocenters. The molecule has 2 heterocycles. The van der Waals surface area contributed by atoms with Gasteiger partial charge in [0.1, 0.15) is 5.75 Å². The van der Waals surface area contributed by atoms with Crippen molar-refractivity contribution in [1.29, 1.82) is 0 Å². The summed E-state index contributed by atoms with van der Waals surface area (Å²) >= 11 is 0. The van der Waals surface area contributed by atoms with Gasteiger partial charge >= 0.3 is 6.61 Å². The van der Waals surface area contributed by atoms with E-state index in [1.54, 1.807) is 28.8 Å². The molecule has 0 radical (unpaired) electrons. The lowest BCUT2D eigenvalue weighted by Crippen LogP contribution is -2.01. The third kappa shape index (κ3) is 2.37. The number of alkyl halides is 2. The average molecular weight is 261 g/mol. The van der Waals surface area contributed by atoms with Gasteiger partial charge in [-0.2, -0.15) is 8.78 Å². The molecule has 0 saturated heterocycles. The number of halogens is 2. The number of hydrogen-bond acceptors (Lipinski definition) is 3. The second kappa shape index (κ2) is 4.64. The first-order chi connectivity index (χ1) is 9.22. The van der Waals surface area contributed by atoms with Gasteiger partial charge in [0.25, 0.3) is 0 Å². The van der Waals surface area contributed by atoms with Gasteiger partial charge in [-0.25, -0.2) is 9.97 Å². The summed E-state index contributed by atoms with van der Waals surface area (Å²) in [6.45, 7) is -2.81. The van der Waals surface area contributed by atoms with Crippen LogP contribution in [0.2, 0.25) is 0 Å². The highest BCUT2D eigenvalue weighted by molar-refractivity contribution is 5.62. The van der Waals surface area contributed by atoms with Crippen LogP contribution in [0.4, 0.5) is 8.78 Å². The van der Waals surface area contributed by atoms with E-state index in [1.807, 2.05) is 12.4 Å². The lowest BCUT2D eigenvalue weighted by molar-refractivity contribution is -0.0498. The van der Waals surface area contributed by atoms with E-state index in [1.165, 1.54) is 12.1 Å². The zero-order chi connectivity index (χ0) is 13.2. The largest absolute Gasteiger partial charge is 0.435 e. The topological polar surface area (TPSA) is 39.4 Å². The van der Waals surface area contributed by atoms with Crippen LogP contribution in [0.5, 0.6) is 5.75 Å². The molecule has 0 aliphatic rings. The minimum absolute atomic E-state index is 0.126. The van der Waals surface area contributed by atoms with E-state index in [-0.39, 0.29) is 5.75 Å². The molecule has 0 fully saturated rings. The van der Waals surface area contributed by atoms with E-state index >= 15 is 0 Å². The SMILES string of the molecule is FC(F)Oc1ccc(-c2cn3cccnc3n2)cc1. The van der Waals surface area contributed by atoms with Crippen molar-refractivity contribution in [3.8, 4) is 17.0 Å². The molecule has 1 aromatic carbocycles. The summed E-state index contributed by atoms with van der Waals surface area (Å²) in [6, 6.07) is 8.13. The minimum atomic E-state index is -2.81. The fraction of sp³-hybridized carbons (Fsp3) is 0.0769. The number of imidazole rings is 1. The van der Waals surface area contributed by atoms with Crippen LogP contribution in [-0.4, -0.2) is 21.0 Å². The summed E-state index contributed by atoms with van der Waals surface area (Å²) in [5.74, 6) is 0.714. The van der Waals surface area contributed by atoms with Gasteiger partial charge in [-0.05, 0) is 30.3 Å². The first-order valence-electron chi connectivity index (χ1n) is 5.57. The van der Waals surface area contributed by atoms with Crippen LogP contribution < -0.4 is 4.74 Å². The predicted molar refractivity (Wildman–Crippen MR) is 65.1 cm³/mol. The number of nitrogens with zero attached hydrogens (tertiary/aromatic N) is 3.